The molecule has 0 radical (unpaired) electrons. The number of nitrogens with zero attached hydrogens (tertiary/aromatic N) is 3. The lowest BCUT2D eigenvalue weighted by Gasteiger charge is -2.31. The summed E-state index contributed by atoms with van der Waals surface area (Å²) in [5, 5.41) is 8.42. The summed E-state index contributed by atoms with van der Waals surface area (Å²) < 4.78 is 1.77. The number of halogens is 1. The van der Waals surface area contributed by atoms with Crippen LogP contribution in [0.15, 0.2) is 24.3 Å². The number of carbonyl (C=O) groups excluding carboxylic acids is 1. The molecule has 25 heavy (non-hydrogen) atoms. The number of hydrogen-bond donors (Lipinski definition) is 1. The number of rotatable bonds is 6. The molecule has 1 fully saturated rings. The van der Waals surface area contributed by atoms with Gasteiger partial charge in [-0.3, -0.25) is 9.48 Å². The van der Waals surface area contributed by atoms with E-state index in [0.29, 0.717) is 11.6 Å². The van der Waals surface area contributed by atoms with Crippen molar-refractivity contribution in [3.8, 4) is 0 Å². The van der Waals surface area contributed by atoms with E-state index in [1.54, 1.807) is 4.68 Å². The first kappa shape index (κ1) is 19.7. The van der Waals surface area contributed by atoms with Gasteiger partial charge >= 0.3 is 0 Å². The number of carbonyl (C=O) groups is 1. The molecule has 0 aliphatic carbocycles. The summed E-state index contributed by atoms with van der Waals surface area (Å²) in [5.74, 6) is 0.530. The maximum absolute atomic E-state index is 12.5. The average Bonchev–Trinajstić information content (AvgIpc) is 2.96. The monoisotopic (exact) mass is 364 g/mol. The van der Waals surface area contributed by atoms with Crippen LogP contribution in [0.4, 0.5) is 0 Å². The Hall–Kier alpha value is -1.59. The molecule has 1 aromatic heterocycles. The van der Waals surface area contributed by atoms with Gasteiger partial charge in [-0.1, -0.05) is 31.5 Å². The molecule has 1 amide bonds. The van der Waals surface area contributed by atoms with Gasteiger partial charge in [0.05, 0.1) is 5.52 Å². The summed E-state index contributed by atoms with van der Waals surface area (Å²) in [6.45, 7) is 6.53. The van der Waals surface area contributed by atoms with Crippen LogP contribution in [-0.4, -0.2) is 46.8 Å². The van der Waals surface area contributed by atoms with Gasteiger partial charge in [0.1, 0.15) is 0 Å². The number of likely N-dealkylation sites (tertiary alicyclic amines) is 1. The minimum Gasteiger partial charge on any atom is -0.350 e. The smallest absolute Gasteiger partial charge is 0.272 e. The lowest BCUT2D eigenvalue weighted by molar-refractivity contribution is 0.0932. The molecule has 3 rings (SSSR count). The van der Waals surface area contributed by atoms with E-state index in [9.17, 15) is 4.79 Å². The predicted octanol–water partition coefficient (Wildman–Crippen LogP) is 3.24. The minimum absolute atomic E-state index is 0. The van der Waals surface area contributed by atoms with E-state index in [1.807, 2.05) is 31.3 Å². The first-order chi connectivity index (χ1) is 11.7. The number of hydrogen-bond acceptors (Lipinski definition) is 3. The summed E-state index contributed by atoms with van der Waals surface area (Å²) in [6.07, 6.45) is 4.89. The van der Waals surface area contributed by atoms with E-state index in [-0.39, 0.29) is 18.3 Å². The number of benzene rings is 1. The van der Waals surface area contributed by atoms with Crippen molar-refractivity contribution < 1.29 is 4.79 Å². The second-order valence-corrected chi connectivity index (χ2v) is 6.84. The Labute approximate surface area is 156 Å². The molecule has 1 aromatic carbocycles. The number of amides is 1. The highest BCUT2D eigenvalue weighted by Crippen LogP contribution is 2.19. The number of aryl methyl sites for hydroxylation is 1. The van der Waals surface area contributed by atoms with Crippen molar-refractivity contribution in [1.82, 2.24) is 20.0 Å². The number of piperidine rings is 1. The van der Waals surface area contributed by atoms with Crippen molar-refractivity contribution in [2.45, 2.75) is 32.6 Å². The number of para-hydroxylation sites is 1. The zero-order valence-electron chi connectivity index (χ0n) is 15.2. The molecular formula is C19H29ClN4O. The molecule has 1 saturated heterocycles. The van der Waals surface area contributed by atoms with Gasteiger partial charge in [0.2, 0.25) is 0 Å². The van der Waals surface area contributed by atoms with Crippen molar-refractivity contribution in [2.75, 3.05) is 26.2 Å². The normalized spacial score (nSPS) is 15.9. The van der Waals surface area contributed by atoms with Crippen molar-refractivity contribution in [1.29, 1.82) is 0 Å². The summed E-state index contributed by atoms with van der Waals surface area (Å²) in [7, 11) is 1.88. The number of fused-ring (bicyclic) bond motifs is 1. The third kappa shape index (κ3) is 4.73. The van der Waals surface area contributed by atoms with Crippen LogP contribution < -0.4 is 5.32 Å². The largest absolute Gasteiger partial charge is 0.350 e. The van der Waals surface area contributed by atoms with Crippen molar-refractivity contribution >= 4 is 29.2 Å². The van der Waals surface area contributed by atoms with Crippen molar-refractivity contribution in [3.63, 3.8) is 0 Å². The van der Waals surface area contributed by atoms with Crippen molar-refractivity contribution in [3.05, 3.63) is 30.0 Å². The van der Waals surface area contributed by atoms with Crippen LogP contribution in [-0.2, 0) is 7.05 Å². The van der Waals surface area contributed by atoms with E-state index in [0.717, 1.165) is 30.5 Å². The lowest BCUT2D eigenvalue weighted by atomic mass is 9.96. The summed E-state index contributed by atoms with van der Waals surface area (Å²) >= 11 is 0. The first-order valence-corrected chi connectivity index (χ1v) is 9.11. The van der Waals surface area contributed by atoms with Gasteiger partial charge in [-0.2, -0.15) is 5.10 Å². The Kier molecular flexibility index (Phi) is 7.26. The molecular weight excluding hydrogens is 336 g/mol. The second-order valence-electron chi connectivity index (χ2n) is 6.84. The van der Waals surface area contributed by atoms with Gasteiger partial charge in [-0.15, -0.1) is 12.4 Å². The van der Waals surface area contributed by atoms with E-state index in [1.165, 1.54) is 32.2 Å². The Morgan fingerprint density at radius 1 is 1.28 bits per heavy atom. The van der Waals surface area contributed by atoms with Crippen LogP contribution in [0.5, 0.6) is 0 Å². The van der Waals surface area contributed by atoms with Crippen LogP contribution in [0.1, 0.15) is 43.1 Å². The maximum atomic E-state index is 12.5. The fraction of sp³-hybridized carbons (Fsp3) is 0.579. The Balaban J connectivity index is 0.00000225. The van der Waals surface area contributed by atoms with Crippen molar-refractivity contribution in [2.24, 2.45) is 13.0 Å². The molecule has 0 saturated carbocycles. The zero-order valence-corrected chi connectivity index (χ0v) is 16.0. The molecule has 0 atom stereocenters. The Morgan fingerprint density at radius 2 is 2.00 bits per heavy atom. The summed E-state index contributed by atoms with van der Waals surface area (Å²) in [4.78, 5) is 15.1. The molecule has 138 valence electrons. The fourth-order valence-corrected chi connectivity index (χ4v) is 3.50. The molecule has 2 aromatic rings. The topological polar surface area (TPSA) is 50.2 Å². The quantitative estimate of drug-likeness (QED) is 0.856. The summed E-state index contributed by atoms with van der Waals surface area (Å²) in [5.41, 5.74) is 1.53. The van der Waals surface area contributed by atoms with Gasteiger partial charge in [0, 0.05) is 19.0 Å². The Bertz CT molecular complexity index is 692. The maximum Gasteiger partial charge on any atom is 0.272 e. The highest BCUT2D eigenvalue weighted by molar-refractivity contribution is 6.04. The molecule has 1 aliphatic heterocycles. The third-order valence-corrected chi connectivity index (χ3v) is 5.06. The molecule has 5 nitrogen and oxygen atoms in total. The molecule has 1 N–H and O–H groups in total. The van der Waals surface area contributed by atoms with Gasteiger partial charge < -0.3 is 10.2 Å². The van der Waals surface area contributed by atoms with Crippen LogP contribution in [0.2, 0.25) is 0 Å². The van der Waals surface area contributed by atoms with E-state index >= 15 is 0 Å². The molecule has 6 heteroatoms. The second kappa shape index (κ2) is 9.20. The lowest BCUT2D eigenvalue weighted by Crippen LogP contribution is -2.39. The number of unbranched alkanes of at least 4 members (excludes halogenated alkanes) is 1. The molecule has 2 heterocycles. The highest BCUT2D eigenvalue weighted by atomic mass is 35.5. The molecule has 0 unspecified atom stereocenters. The standard InChI is InChI=1S/C19H28N4O.ClH/c1-3-4-11-23-12-9-15(10-13-23)14-20-19(24)18-16-7-5-6-8-17(16)22(2)21-18;/h5-8,15H,3-4,9-14H2,1-2H3,(H,20,24);1H. The van der Waals surface area contributed by atoms with Crippen LogP contribution >= 0.6 is 12.4 Å². The zero-order chi connectivity index (χ0) is 16.9. The molecule has 0 bridgehead atoms. The van der Waals surface area contributed by atoms with Gasteiger partial charge in [-0.05, 0) is 50.9 Å². The molecule has 1 aliphatic rings. The van der Waals surface area contributed by atoms with Crippen LogP contribution in [0.25, 0.3) is 10.9 Å². The fourth-order valence-electron chi connectivity index (χ4n) is 3.50. The van der Waals surface area contributed by atoms with E-state index < -0.39 is 0 Å². The van der Waals surface area contributed by atoms with Crippen LogP contribution in [0, 0.1) is 5.92 Å². The first-order valence-electron chi connectivity index (χ1n) is 9.11. The van der Waals surface area contributed by atoms with E-state index in [2.05, 4.69) is 22.2 Å². The minimum atomic E-state index is -0.0554. The number of aromatic nitrogens is 2. The van der Waals surface area contributed by atoms with Gasteiger partial charge in [-0.25, -0.2) is 0 Å². The predicted molar refractivity (Wildman–Crippen MR) is 104 cm³/mol. The van der Waals surface area contributed by atoms with E-state index in [4.69, 9.17) is 0 Å². The van der Waals surface area contributed by atoms with Gasteiger partial charge in [0.25, 0.3) is 5.91 Å². The average molecular weight is 365 g/mol. The molecule has 0 spiro atoms. The van der Waals surface area contributed by atoms with Gasteiger partial charge in [0.15, 0.2) is 5.69 Å². The SMILES string of the molecule is CCCCN1CCC(CNC(=O)c2nn(C)c3ccccc23)CC1.Cl. The highest BCUT2D eigenvalue weighted by Gasteiger charge is 2.21. The summed E-state index contributed by atoms with van der Waals surface area (Å²) in [6, 6.07) is 7.87. The number of nitrogens with one attached hydrogen (secondary N) is 1. The Morgan fingerprint density at radius 3 is 2.72 bits per heavy atom. The third-order valence-electron chi connectivity index (χ3n) is 5.06. The van der Waals surface area contributed by atoms with Crippen LogP contribution in [0.3, 0.4) is 0 Å².